The van der Waals surface area contributed by atoms with E-state index in [2.05, 4.69) is 43.4 Å². The predicted octanol–water partition coefficient (Wildman–Crippen LogP) is 4.36. The number of hydrogen-bond acceptors (Lipinski definition) is 3. The Kier molecular flexibility index (Phi) is 8.83. The lowest BCUT2D eigenvalue weighted by molar-refractivity contribution is 0.460. The first kappa shape index (κ1) is 16.9. The van der Waals surface area contributed by atoms with Crippen molar-refractivity contribution in [3.05, 3.63) is 16.1 Å². The van der Waals surface area contributed by atoms with E-state index in [1.165, 1.54) is 30.0 Å². The van der Waals surface area contributed by atoms with E-state index < -0.39 is 0 Å². The highest BCUT2D eigenvalue weighted by Gasteiger charge is 2.08. The number of halogens is 1. The van der Waals surface area contributed by atoms with Crippen molar-refractivity contribution in [3.8, 4) is 0 Å². The molecule has 100 valence electrons. The summed E-state index contributed by atoms with van der Waals surface area (Å²) in [5, 5.41) is 7.01. The molecule has 1 atom stereocenters. The van der Waals surface area contributed by atoms with Crippen molar-refractivity contribution in [3.63, 3.8) is 0 Å². The zero-order valence-corrected chi connectivity index (χ0v) is 13.0. The molecule has 1 aromatic rings. The maximum absolute atomic E-state index is 4.63. The van der Waals surface area contributed by atoms with Crippen LogP contribution in [0.5, 0.6) is 0 Å². The lowest BCUT2D eigenvalue weighted by atomic mass is 10.1. The van der Waals surface area contributed by atoms with E-state index >= 15 is 0 Å². The average Bonchev–Trinajstić information content (AvgIpc) is 2.73. The van der Waals surface area contributed by atoms with Crippen LogP contribution in [0.15, 0.2) is 5.38 Å². The van der Waals surface area contributed by atoms with Crippen molar-refractivity contribution in [2.75, 3.05) is 0 Å². The summed E-state index contributed by atoms with van der Waals surface area (Å²) in [5.41, 5.74) is 1.20. The SMILES string of the molecule is CCCC(CC)NCc1csc(C(C)C)n1.Cl. The van der Waals surface area contributed by atoms with E-state index in [9.17, 15) is 0 Å². The zero-order valence-electron chi connectivity index (χ0n) is 11.3. The summed E-state index contributed by atoms with van der Waals surface area (Å²) >= 11 is 1.78. The third kappa shape index (κ3) is 5.84. The smallest absolute Gasteiger partial charge is 0.0954 e. The van der Waals surface area contributed by atoms with Crippen LogP contribution in [0.25, 0.3) is 0 Å². The van der Waals surface area contributed by atoms with E-state index in [0.29, 0.717) is 12.0 Å². The van der Waals surface area contributed by atoms with Gasteiger partial charge in [0.15, 0.2) is 0 Å². The second-order valence-corrected chi connectivity index (χ2v) is 5.50. The van der Waals surface area contributed by atoms with Gasteiger partial charge in [0, 0.05) is 23.9 Å². The molecule has 0 spiro atoms. The molecule has 17 heavy (non-hydrogen) atoms. The maximum atomic E-state index is 4.63. The molecular weight excluding hydrogens is 252 g/mol. The van der Waals surface area contributed by atoms with Crippen LogP contribution in [0, 0.1) is 0 Å². The monoisotopic (exact) mass is 276 g/mol. The van der Waals surface area contributed by atoms with Gasteiger partial charge in [-0.2, -0.15) is 0 Å². The minimum Gasteiger partial charge on any atom is -0.308 e. The molecule has 0 saturated heterocycles. The van der Waals surface area contributed by atoms with E-state index in [4.69, 9.17) is 0 Å². The van der Waals surface area contributed by atoms with Gasteiger partial charge in [-0.25, -0.2) is 4.98 Å². The van der Waals surface area contributed by atoms with Gasteiger partial charge in [0.1, 0.15) is 0 Å². The van der Waals surface area contributed by atoms with Gasteiger partial charge in [-0.1, -0.05) is 34.1 Å². The van der Waals surface area contributed by atoms with Crippen LogP contribution < -0.4 is 5.32 Å². The summed E-state index contributed by atoms with van der Waals surface area (Å²) in [6.07, 6.45) is 3.71. The normalized spacial score (nSPS) is 12.5. The topological polar surface area (TPSA) is 24.9 Å². The van der Waals surface area contributed by atoms with Crippen molar-refractivity contribution in [1.29, 1.82) is 0 Å². The summed E-state index contributed by atoms with van der Waals surface area (Å²) in [6.45, 7) is 9.80. The number of nitrogens with one attached hydrogen (secondary N) is 1. The molecule has 1 unspecified atom stereocenters. The molecule has 0 saturated carbocycles. The van der Waals surface area contributed by atoms with Gasteiger partial charge in [-0.05, 0) is 12.8 Å². The summed E-state index contributed by atoms with van der Waals surface area (Å²) in [5.74, 6) is 0.552. The van der Waals surface area contributed by atoms with Crippen molar-refractivity contribution < 1.29 is 0 Å². The molecule has 1 heterocycles. The van der Waals surface area contributed by atoms with Crippen LogP contribution in [-0.4, -0.2) is 11.0 Å². The fraction of sp³-hybridized carbons (Fsp3) is 0.769. The molecule has 1 rings (SSSR count). The lowest BCUT2D eigenvalue weighted by Crippen LogP contribution is -2.27. The van der Waals surface area contributed by atoms with Crippen LogP contribution in [-0.2, 0) is 6.54 Å². The highest BCUT2D eigenvalue weighted by atomic mass is 35.5. The number of aromatic nitrogens is 1. The van der Waals surface area contributed by atoms with Crippen molar-refractivity contribution in [2.24, 2.45) is 0 Å². The van der Waals surface area contributed by atoms with Gasteiger partial charge in [0.05, 0.1) is 10.7 Å². The molecule has 0 radical (unpaired) electrons. The molecule has 0 aliphatic rings. The van der Waals surface area contributed by atoms with Crippen LogP contribution >= 0.6 is 23.7 Å². The van der Waals surface area contributed by atoms with Gasteiger partial charge in [0.25, 0.3) is 0 Å². The molecule has 0 amide bonds. The second-order valence-electron chi connectivity index (χ2n) is 4.61. The molecule has 1 aromatic heterocycles. The van der Waals surface area contributed by atoms with Gasteiger partial charge >= 0.3 is 0 Å². The average molecular weight is 277 g/mol. The summed E-state index contributed by atoms with van der Waals surface area (Å²) in [7, 11) is 0. The fourth-order valence-electron chi connectivity index (χ4n) is 1.72. The highest BCUT2D eigenvalue weighted by Crippen LogP contribution is 2.19. The quantitative estimate of drug-likeness (QED) is 0.801. The first-order chi connectivity index (χ1) is 7.67. The Morgan fingerprint density at radius 3 is 2.53 bits per heavy atom. The molecule has 0 aliphatic carbocycles. The Labute approximate surface area is 116 Å². The van der Waals surface area contributed by atoms with Gasteiger partial charge < -0.3 is 5.32 Å². The minimum atomic E-state index is 0. The van der Waals surface area contributed by atoms with E-state index in [1.54, 1.807) is 11.3 Å². The highest BCUT2D eigenvalue weighted by molar-refractivity contribution is 7.09. The molecule has 0 bridgehead atoms. The van der Waals surface area contributed by atoms with Gasteiger partial charge in [-0.3, -0.25) is 0 Å². The van der Waals surface area contributed by atoms with Crippen LogP contribution in [0.2, 0.25) is 0 Å². The predicted molar refractivity (Wildman–Crippen MR) is 79.3 cm³/mol. The Balaban J connectivity index is 0.00000256. The molecule has 0 aliphatic heterocycles. The minimum absolute atomic E-state index is 0. The largest absolute Gasteiger partial charge is 0.308 e. The number of thiazole rings is 1. The first-order valence-electron chi connectivity index (χ1n) is 6.35. The number of nitrogens with zero attached hydrogens (tertiary/aromatic N) is 1. The third-order valence-electron chi connectivity index (χ3n) is 2.77. The first-order valence-corrected chi connectivity index (χ1v) is 7.23. The maximum Gasteiger partial charge on any atom is 0.0954 e. The van der Waals surface area contributed by atoms with Crippen LogP contribution in [0.1, 0.15) is 63.6 Å². The Hall–Kier alpha value is -0.120. The molecule has 0 aromatic carbocycles. The second kappa shape index (κ2) is 8.90. The van der Waals surface area contributed by atoms with Crippen LogP contribution in [0.4, 0.5) is 0 Å². The Bertz CT molecular complexity index is 299. The molecular formula is C13H25ClN2S. The standard InChI is InChI=1S/C13H24N2S.ClH/c1-5-7-11(6-2)14-8-12-9-16-13(15-12)10(3)4;/h9-11,14H,5-8H2,1-4H3;1H. The van der Waals surface area contributed by atoms with Gasteiger partial charge in [-0.15, -0.1) is 23.7 Å². The lowest BCUT2D eigenvalue weighted by Gasteiger charge is -2.14. The summed E-state index contributed by atoms with van der Waals surface area (Å²) in [4.78, 5) is 4.63. The summed E-state index contributed by atoms with van der Waals surface area (Å²) in [6, 6.07) is 0.647. The third-order valence-corrected chi connectivity index (χ3v) is 3.96. The van der Waals surface area contributed by atoms with E-state index in [-0.39, 0.29) is 12.4 Å². The Morgan fingerprint density at radius 1 is 1.35 bits per heavy atom. The molecule has 2 nitrogen and oxygen atoms in total. The number of hydrogen-bond donors (Lipinski definition) is 1. The van der Waals surface area contributed by atoms with Gasteiger partial charge in [0.2, 0.25) is 0 Å². The van der Waals surface area contributed by atoms with Crippen molar-refractivity contribution in [1.82, 2.24) is 10.3 Å². The zero-order chi connectivity index (χ0) is 12.0. The van der Waals surface area contributed by atoms with Crippen molar-refractivity contribution in [2.45, 2.75) is 65.5 Å². The molecule has 1 N–H and O–H groups in total. The number of rotatable bonds is 7. The van der Waals surface area contributed by atoms with Crippen molar-refractivity contribution >= 4 is 23.7 Å². The Morgan fingerprint density at radius 2 is 2.06 bits per heavy atom. The van der Waals surface area contributed by atoms with E-state index in [0.717, 1.165) is 6.54 Å². The fourth-order valence-corrected chi connectivity index (χ4v) is 2.55. The van der Waals surface area contributed by atoms with Crippen LogP contribution in [0.3, 0.4) is 0 Å². The molecule has 0 fully saturated rings. The van der Waals surface area contributed by atoms with E-state index in [1.807, 2.05) is 0 Å². The molecule has 4 heteroatoms. The summed E-state index contributed by atoms with van der Waals surface area (Å²) < 4.78 is 0.